The average Bonchev–Trinajstić information content (AvgIpc) is 3.03. The molecule has 4 heteroatoms. The number of rotatable bonds is 2. The summed E-state index contributed by atoms with van der Waals surface area (Å²) in [4.78, 5) is 6.10. The average molecular weight is 222 g/mol. The molecule has 0 bridgehead atoms. The lowest BCUT2D eigenvalue weighted by Gasteiger charge is -2.23. The van der Waals surface area contributed by atoms with Crippen molar-refractivity contribution in [2.24, 2.45) is 0 Å². The summed E-state index contributed by atoms with van der Waals surface area (Å²) in [5, 5.41) is 10.5. The van der Waals surface area contributed by atoms with E-state index in [4.69, 9.17) is 0 Å². The van der Waals surface area contributed by atoms with E-state index in [0.29, 0.717) is 24.6 Å². The van der Waals surface area contributed by atoms with E-state index in [9.17, 15) is 9.50 Å². The second kappa shape index (κ2) is 3.50. The number of likely N-dealkylation sites (tertiary alicyclic amines) is 1. The van der Waals surface area contributed by atoms with Crippen LogP contribution in [0.15, 0.2) is 18.5 Å². The third-order valence-electron chi connectivity index (χ3n) is 3.58. The fourth-order valence-electron chi connectivity index (χ4n) is 2.48. The number of hydrogen-bond acceptors (Lipinski definition) is 3. The van der Waals surface area contributed by atoms with E-state index in [1.807, 2.05) is 0 Å². The van der Waals surface area contributed by atoms with E-state index in [2.05, 4.69) is 9.88 Å². The Kier molecular flexibility index (Phi) is 2.23. The van der Waals surface area contributed by atoms with Gasteiger partial charge in [-0.3, -0.25) is 9.88 Å². The van der Waals surface area contributed by atoms with Gasteiger partial charge in [-0.05, 0) is 25.3 Å². The van der Waals surface area contributed by atoms with E-state index in [0.717, 1.165) is 6.54 Å². The smallest absolute Gasteiger partial charge is 0.141 e. The molecule has 2 heterocycles. The van der Waals surface area contributed by atoms with Crippen LogP contribution in [0.25, 0.3) is 0 Å². The standard InChI is InChI=1S/C12H15FN2O/c13-10-5-9(6-14-7-10)12(16)3-4-15(8-12)11-1-2-11/h5-7,11,16H,1-4,8H2. The van der Waals surface area contributed by atoms with Gasteiger partial charge in [-0.25, -0.2) is 4.39 Å². The molecule has 1 N–H and O–H groups in total. The molecule has 1 saturated carbocycles. The summed E-state index contributed by atoms with van der Waals surface area (Å²) in [6.45, 7) is 1.51. The number of pyridine rings is 1. The number of β-amino-alcohol motifs (C(OH)–C–C–N with tert-alkyl or cyclic N) is 1. The van der Waals surface area contributed by atoms with Crippen molar-refractivity contribution in [3.05, 3.63) is 29.8 Å². The van der Waals surface area contributed by atoms with Crippen molar-refractivity contribution in [2.45, 2.75) is 30.9 Å². The first-order valence-electron chi connectivity index (χ1n) is 5.75. The van der Waals surface area contributed by atoms with Gasteiger partial charge >= 0.3 is 0 Å². The topological polar surface area (TPSA) is 36.4 Å². The zero-order valence-electron chi connectivity index (χ0n) is 9.06. The summed E-state index contributed by atoms with van der Waals surface area (Å²) in [6, 6.07) is 2.04. The molecule has 1 aliphatic carbocycles. The van der Waals surface area contributed by atoms with Gasteiger partial charge < -0.3 is 5.11 Å². The second-order valence-corrected chi connectivity index (χ2v) is 4.88. The molecular weight excluding hydrogens is 207 g/mol. The van der Waals surface area contributed by atoms with Gasteiger partial charge in [0, 0.05) is 30.9 Å². The van der Waals surface area contributed by atoms with Crippen LogP contribution in [0.1, 0.15) is 24.8 Å². The quantitative estimate of drug-likeness (QED) is 0.818. The largest absolute Gasteiger partial charge is 0.384 e. The first-order chi connectivity index (χ1) is 7.67. The van der Waals surface area contributed by atoms with Crippen molar-refractivity contribution in [2.75, 3.05) is 13.1 Å². The van der Waals surface area contributed by atoms with Crippen LogP contribution in [0.4, 0.5) is 4.39 Å². The molecule has 3 rings (SSSR count). The Hall–Kier alpha value is -1.00. The van der Waals surface area contributed by atoms with Crippen LogP contribution in [-0.2, 0) is 5.60 Å². The van der Waals surface area contributed by atoms with Gasteiger partial charge in [0.15, 0.2) is 0 Å². The highest BCUT2D eigenvalue weighted by molar-refractivity contribution is 5.21. The molecule has 1 saturated heterocycles. The highest BCUT2D eigenvalue weighted by atomic mass is 19.1. The normalized spacial score (nSPS) is 30.9. The molecule has 86 valence electrons. The molecule has 1 aromatic heterocycles. The molecule has 2 fully saturated rings. The highest BCUT2D eigenvalue weighted by Gasteiger charge is 2.43. The first-order valence-corrected chi connectivity index (χ1v) is 5.75. The predicted molar refractivity (Wildman–Crippen MR) is 57.3 cm³/mol. The molecule has 0 spiro atoms. The van der Waals surface area contributed by atoms with Crippen molar-refractivity contribution in [1.29, 1.82) is 0 Å². The van der Waals surface area contributed by atoms with Crippen molar-refractivity contribution in [3.63, 3.8) is 0 Å². The third-order valence-corrected chi connectivity index (χ3v) is 3.58. The Morgan fingerprint density at radius 3 is 2.94 bits per heavy atom. The molecular formula is C12H15FN2O. The van der Waals surface area contributed by atoms with Crippen LogP contribution in [0.2, 0.25) is 0 Å². The number of halogens is 1. The van der Waals surface area contributed by atoms with Crippen LogP contribution < -0.4 is 0 Å². The first kappa shape index (κ1) is 10.2. The Bertz CT molecular complexity index is 408. The van der Waals surface area contributed by atoms with Crippen LogP contribution in [0.3, 0.4) is 0 Å². The Labute approximate surface area is 93.9 Å². The summed E-state index contributed by atoms with van der Waals surface area (Å²) >= 11 is 0. The van der Waals surface area contributed by atoms with Crippen molar-refractivity contribution in [3.8, 4) is 0 Å². The molecule has 3 nitrogen and oxygen atoms in total. The Morgan fingerprint density at radius 2 is 2.25 bits per heavy atom. The maximum absolute atomic E-state index is 13.1. The maximum Gasteiger partial charge on any atom is 0.141 e. The summed E-state index contributed by atoms with van der Waals surface area (Å²) in [6.07, 6.45) is 5.88. The van der Waals surface area contributed by atoms with Crippen LogP contribution in [0.5, 0.6) is 0 Å². The summed E-state index contributed by atoms with van der Waals surface area (Å²) < 4.78 is 13.1. The minimum absolute atomic E-state index is 0.379. The van der Waals surface area contributed by atoms with E-state index in [1.165, 1.54) is 25.1 Å². The monoisotopic (exact) mass is 222 g/mol. The van der Waals surface area contributed by atoms with Gasteiger partial charge in [-0.2, -0.15) is 0 Å². The van der Waals surface area contributed by atoms with Gasteiger partial charge in [-0.15, -0.1) is 0 Å². The molecule has 16 heavy (non-hydrogen) atoms. The SMILES string of the molecule is OC1(c2cncc(F)c2)CCN(C2CC2)C1. The van der Waals surface area contributed by atoms with Crippen LogP contribution >= 0.6 is 0 Å². The minimum Gasteiger partial charge on any atom is -0.384 e. The van der Waals surface area contributed by atoms with Crippen molar-refractivity contribution in [1.82, 2.24) is 9.88 Å². The number of nitrogens with zero attached hydrogens (tertiary/aromatic N) is 2. The zero-order valence-corrected chi connectivity index (χ0v) is 9.06. The van der Waals surface area contributed by atoms with E-state index < -0.39 is 5.60 Å². The molecule has 2 aliphatic rings. The van der Waals surface area contributed by atoms with E-state index in [1.54, 1.807) is 6.20 Å². The van der Waals surface area contributed by atoms with Crippen LogP contribution in [0, 0.1) is 5.82 Å². The molecule has 0 amide bonds. The third kappa shape index (κ3) is 1.72. The molecule has 1 unspecified atom stereocenters. The fraction of sp³-hybridized carbons (Fsp3) is 0.583. The lowest BCUT2D eigenvalue weighted by molar-refractivity contribution is 0.0445. The maximum atomic E-state index is 13.1. The minimum atomic E-state index is -0.905. The van der Waals surface area contributed by atoms with Crippen molar-refractivity contribution >= 4 is 0 Å². The highest BCUT2D eigenvalue weighted by Crippen LogP contribution is 2.38. The van der Waals surface area contributed by atoms with Crippen LogP contribution in [-0.4, -0.2) is 34.1 Å². The summed E-state index contributed by atoms with van der Waals surface area (Å²) in [5.41, 5.74) is -0.298. The van der Waals surface area contributed by atoms with Gasteiger partial charge in [0.05, 0.1) is 6.20 Å². The van der Waals surface area contributed by atoms with E-state index in [-0.39, 0.29) is 5.82 Å². The second-order valence-electron chi connectivity index (χ2n) is 4.88. The molecule has 1 aromatic rings. The molecule has 0 aromatic carbocycles. The van der Waals surface area contributed by atoms with E-state index >= 15 is 0 Å². The predicted octanol–water partition coefficient (Wildman–Crippen LogP) is 1.28. The Balaban J connectivity index is 1.83. The summed E-state index contributed by atoms with van der Waals surface area (Å²) in [7, 11) is 0. The van der Waals surface area contributed by atoms with Gasteiger partial charge in [0.2, 0.25) is 0 Å². The molecule has 0 radical (unpaired) electrons. The van der Waals surface area contributed by atoms with Gasteiger partial charge in [0.1, 0.15) is 11.4 Å². The fourth-order valence-corrected chi connectivity index (χ4v) is 2.48. The zero-order chi connectivity index (χ0) is 11.2. The van der Waals surface area contributed by atoms with Crippen molar-refractivity contribution < 1.29 is 9.50 Å². The van der Waals surface area contributed by atoms with Gasteiger partial charge in [0.25, 0.3) is 0 Å². The Morgan fingerprint density at radius 1 is 1.44 bits per heavy atom. The number of aromatic nitrogens is 1. The molecule has 1 atom stereocenters. The van der Waals surface area contributed by atoms with Gasteiger partial charge in [-0.1, -0.05) is 0 Å². The molecule has 1 aliphatic heterocycles. The lowest BCUT2D eigenvalue weighted by atomic mass is 9.95. The number of hydrogen-bond donors (Lipinski definition) is 1. The number of aliphatic hydroxyl groups is 1. The summed E-state index contributed by atoms with van der Waals surface area (Å²) in [5.74, 6) is -0.379. The lowest BCUT2D eigenvalue weighted by Crippen LogP contribution is -2.32.